The van der Waals surface area contributed by atoms with Crippen molar-refractivity contribution >= 4 is 0 Å². The molecule has 0 spiro atoms. The highest BCUT2D eigenvalue weighted by molar-refractivity contribution is 5.17. The van der Waals surface area contributed by atoms with Crippen LogP contribution in [0.15, 0.2) is 35.1 Å². The van der Waals surface area contributed by atoms with Crippen molar-refractivity contribution in [3.8, 4) is 0 Å². The van der Waals surface area contributed by atoms with E-state index in [1.165, 1.54) is 6.42 Å². The summed E-state index contributed by atoms with van der Waals surface area (Å²) in [6, 6.07) is 9.92. The number of nitrogens with zero attached hydrogens (tertiary/aromatic N) is 2. The van der Waals surface area contributed by atoms with Crippen molar-refractivity contribution in [2.24, 2.45) is 5.73 Å². The van der Waals surface area contributed by atoms with Gasteiger partial charge >= 0.3 is 5.69 Å². The van der Waals surface area contributed by atoms with Gasteiger partial charge in [-0.1, -0.05) is 49.6 Å². The average Bonchev–Trinajstić information content (AvgIpc) is 2.83. The van der Waals surface area contributed by atoms with Crippen molar-refractivity contribution in [2.75, 3.05) is 0 Å². The van der Waals surface area contributed by atoms with Crippen LogP contribution in [0.2, 0.25) is 0 Å². The number of benzene rings is 1. The number of aromatic amines is 1. The molecule has 1 fully saturated rings. The Bertz CT molecular complexity index is 623. The Morgan fingerprint density at radius 3 is 2.60 bits per heavy atom. The summed E-state index contributed by atoms with van der Waals surface area (Å²) in [6.45, 7) is 0.518. The Morgan fingerprint density at radius 1 is 1.20 bits per heavy atom. The molecule has 2 aromatic rings. The van der Waals surface area contributed by atoms with Gasteiger partial charge in [0.25, 0.3) is 0 Å². The minimum absolute atomic E-state index is 0.181. The first-order valence-corrected chi connectivity index (χ1v) is 7.17. The van der Waals surface area contributed by atoms with Gasteiger partial charge in [0.1, 0.15) is 0 Å². The van der Waals surface area contributed by atoms with Crippen molar-refractivity contribution in [2.45, 2.75) is 44.2 Å². The quantitative estimate of drug-likeness (QED) is 0.893. The number of aromatic nitrogens is 3. The standard InChI is InChI=1S/C15H20N4O/c16-15(9-5-2-6-10-15)13-17-18-14(20)19(13)11-12-7-3-1-4-8-12/h1,3-4,7-8H,2,5-6,9-11,16H2,(H,18,20). The number of hydrogen-bond acceptors (Lipinski definition) is 3. The molecule has 20 heavy (non-hydrogen) atoms. The Labute approximate surface area is 117 Å². The van der Waals surface area contributed by atoms with E-state index in [-0.39, 0.29) is 5.69 Å². The summed E-state index contributed by atoms with van der Waals surface area (Å²) in [7, 11) is 0. The number of H-pyrrole nitrogens is 1. The topological polar surface area (TPSA) is 76.7 Å². The second-order valence-electron chi connectivity index (χ2n) is 5.64. The fourth-order valence-electron chi connectivity index (χ4n) is 3.02. The minimum atomic E-state index is -0.466. The summed E-state index contributed by atoms with van der Waals surface area (Å²) in [4.78, 5) is 12.0. The van der Waals surface area contributed by atoms with Crippen molar-refractivity contribution < 1.29 is 0 Å². The maximum absolute atomic E-state index is 12.0. The first-order valence-electron chi connectivity index (χ1n) is 7.17. The zero-order valence-corrected chi connectivity index (χ0v) is 11.5. The molecule has 0 amide bonds. The molecule has 3 rings (SSSR count). The third-order valence-electron chi connectivity index (χ3n) is 4.13. The van der Waals surface area contributed by atoms with Gasteiger partial charge in [-0.3, -0.25) is 4.57 Å². The first kappa shape index (κ1) is 13.1. The van der Waals surface area contributed by atoms with E-state index in [2.05, 4.69) is 10.2 Å². The smallest absolute Gasteiger partial charge is 0.319 e. The van der Waals surface area contributed by atoms with Crippen LogP contribution in [0.25, 0.3) is 0 Å². The van der Waals surface area contributed by atoms with E-state index in [4.69, 9.17) is 5.73 Å². The number of nitrogens with two attached hydrogens (primary N) is 1. The van der Waals surface area contributed by atoms with Crippen LogP contribution in [0.4, 0.5) is 0 Å². The highest BCUT2D eigenvalue weighted by Gasteiger charge is 2.34. The zero-order valence-electron chi connectivity index (χ0n) is 11.5. The molecule has 1 heterocycles. The van der Waals surface area contributed by atoms with Gasteiger partial charge in [-0.25, -0.2) is 9.89 Å². The van der Waals surface area contributed by atoms with Gasteiger partial charge in [0, 0.05) is 0 Å². The summed E-state index contributed by atoms with van der Waals surface area (Å²) in [5.41, 5.74) is 6.94. The Kier molecular flexibility index (Phi) is 3.44. The van der Waals surface area contributed by atoms with Crippen molar-refractivity contribution in [1.82, 2.24) is 14.8 Å². The summed E-state index contributed by atoms with van der Waals surface area (Å²) in [5.74, 6) is 0.700. The highest BCUT2D eigenvalue weighted by Crippen LogP contribution is 2.33. The number of rotatable bonds is 3. The molecule has 1 aromatic heterocycles. The molecule has 5 heteroatoms. The van der Waals surface area contributed by atoms with Crippen LogP contribution in [0.5, 0.6) is 0 Å². The second kappa shape index (κ2) is 5.25. The summed E-state index contributed by atoms with van der Waals surface area (Å²) < 4.78 is 1.68. The van der Waals surface area contributed by atoms with Gasteiger partial charge in [0.2, 0.25) is 0 Å². The van der Waals surface area contributed by atoms with Crippen molar-refractivity contribution in [1.29, 1.82) is 0 Å². The molecule has 1 aliphatic rings. The van der Waals surface area contributed by atoms with Gasteiger partial charge in [-0.05, 0) is 18.4 Å². The molecule has 0 radical (unpaired) electrons. The first-order chi connectivity index (χ1) is 9.69. The second-order valence-corrected chi connectivity index (χ2v) is 5.64. The molecule has 1 aromatic carbocycles. The third-order valence-corrected chi connectivity index (χ3v) is 4.13. The number of hydrogen-bond donors (Lipinski definition) is 2. The molecule has 5 nitrogen and oxygen atoms in total. The van der Waals surface area contributed by atoms with Crippen molar-refractivity contribution in [3.63, 3.8) is 0 Å². The Hall–Kier alpha value is -1.88. The molecule has 0 atom stereocenters. The van der Waals surface area contributed by atoms with E-state index in [0.29, 0.717) is 12.4 Å². The van der Waals surface area contributed by atoms with Gasteiger partial charge in [-0.15, -0.1) is 0 Å². The Morgan fingerprint density at radius 2 is 1.90 bits per heavy atom. The van der Waals surface area contributed by atoms with Crippen LogP contribution in [-0.4, -0.2) is 14.8 Å². The van der Waals surface area contributed by atoms with E-state index < -0.39 is 5.54 Å². The SMILES string of the molecule is NC1(c2n[nH]c(=O)n2Cc2ccccc2)CCCCC1. The fraction of sp³-hybridized carbons (Fsp3) is 0.467. The molecule has 0 bridgehead atoms. The molecule has 3 N–H and O–H groups in total. The lowest BCUT2D eigenvalue weighted by atomic mass is 9.82. The average molecular weight is 272 g/mol. The number of nitrogens with one attached hydrogen (secondary N) is 1. The lowest BCUT2D eigenvalue weighted by molar-refractivity contribution is 0.278. The molecule has 1 aliphatic carbocycles. The van der Waals surface area contributed by atoms with Gasteiger partial charge in [0.15, 0.2) is 5.82 Å². The third kappa shape index (κ3) is 2.41. The summed E-state index contributed by atoms with van der Waals surface area (Å²) >= 11 is 0. The van der Waals surface area contributed by atoms with Crippen LogP contribution < -0.4 is 11.4 Å². The van der Waals surface area contributed by atoms with Crippen LogP contribution in [0, 0.1) is 0 Å². The molecule has 106 valence electrons. The molecule has 0 aliphatic heterocycles. The van der Waals surface area contributed by atoms with E-state index in [1.54, 1.807) is 4.57 Å². The fourth-order valence-corrected chi connectivity index (χ4v) is 3.02. The van der Waals surface area contributed by atoms with Crippen LogP contribution in [-0.2, 0) is 12.1 Å². The minimum Gasteiger partial charge on any atom is -0.319 e. The normalized spacial score (nSPS) is 18.1. The molecular formula is C15H20N4O. The lowest BCUT2D eigenvalue weighted by Crippen LogP contribution is -2.42. The van der Waals surface area contributed by atoms with Crippen LogP contribution in [0.1, 0.15) is 43.5 Å². The molecule has 0 saturated heterocycles. The maximum Gasteiger partial charge on any atom is 0.343 e. The van der Waals surface area contributed by atoms with E-state index in [0.717, 1.165) is 31.2 Å². The zero-order chi connectivity index (χ0) is 14.0. The van der Waals surface area contributed by atoms with Crippen molar-refractivity contribution in [3.05, 3.63) is 52.2 Å². The summed E-state index contributed by atoms with van der Waals surface area (Å²) in [5, 5.41) is 6.77. The van der Waals surface area contributed by atoms with Gasteiger partial charge < -0.3 is 5.73 Å². The molecule has 0 unspecified atom stereocenters. The largest absolute Gasteiger partial charge is 0.343 e. The monoisotopic (exact) mass is 272 g/mol. The lowest BCUT2D eigenvalue weighted by Gasteiger charge is -2.32. The van der Waals surface area contributed by atoms with E-state index >= 15 is 0 Å². The predicted octanol–water partition coefficient (Wildman–Crippen LogP) is 1.74. The molecule has 1 saturated carbocycles. The Balaban J connectivity index is 1.95. The highest BCUT2D eigenvalue weighted by atomic mass is 16.1. The van der Waals surface area contributed by atoms with Gasteiger partial charge in [0.05, 0.1) is 12.1 Å². The molecular weight excluding hydrogens is 252 g/mol. The van der Waals surface area contributed by atoms with Crippen LogP contribution in [0.3, 0.4) is 0 Å². The van der Waals surface area contributed by atoms with E-state index in [9.17, 15) is 4.79 Å². The summed E-state index contributed by atoms with van der Waals surface area (Å²) in [6.07, 6.45) is 5.20. The predicted molar refractivity (Wildman–Crippen MR) is 77.3 cm³/mol. The van der Waals surface area contributed by atoms with E-state index in [1.807, 2.05) is 30.3 Å². The van der Waals surface area contributed by atoms with Gasteiger partial charge in [-0.2, -0.15) is 5.10 Å². The van der Waals surface area contributed by atoms with Crippen LogP contribution >= 0.6 is 0 Å². The maximum atomic E-state index is 12.0.